The summed E-state index contributed by atoms with van der Waals surface area (Å²) in [7, 11) is 1.66. The first-order valence-corrected chi connectivity index (χ1v) is 7.56. The summed E-state index contributed by atoms with van der Waals surface area (Å²) in [4.78, 5) is 0. The summed E-state index contributed by atoms with van der Waals surface area (Å²) < 4.78 is 5.35. The van der Waals surface area contributed by atoms with Crippen molar-refractivity contribution in [1.29, 1.82) is 0 Å². The van der Waals surface area contributed by atoms with Crippen molar-refractivity contribution in [2.24, 2.45) is 0 Å². The van der Waals surface area contributed by atoms with Gasteiger partial charge >= 0.3 is 0 Å². The molecule has 0 amide bonds. The van der Waals surface area contributed by atoms with Gasteiger partial charge in [0.1, 0.15) is 11.4 Å². The number of benzene rings is 2. The van der Waals surface area contributed by atoms with E-state index in [2.05, 4.69) is 0 Å². The van der Waals surface area contributed by atoms with Crippen LogP contribution in [0.2, 0.25) is 0 Å². The van der Waals surface area contributed by atoms with E-state index in [0.29, 0.717) is 12.3 Å². The minimum absolute atomic E-state index is 0.385. The molecule has 0 spiro atoms. The van der Waals surface area contributed by atoms with Crippen LogP contribution in [0.5, 0.6) is 5.75 Å². The molecule has 21 heavy (non-hydrogen) atoms. The summed E-state index contributed by atoms with van der Waals surface area (Å²) in [6.45, 7) is 3.97. The SMILES string of the molecule is COc1cc(C)c(C(O)(CCCl)c2ccccc2)cc1C. The molecule has 0 aliphatic heterocycles. The fraction of sp³-hybridized carbons (Fsp3) is 0.333. The molecule has 1 atom stereocenters. The van der Waals surface area contributed by atoms with Gasteiger partial charge in [-0.15, -0.1) is 11.6 Å². The van der Waals surface area contributed by atoms with Gasteiger partial charge in [-0.05, 0) is 54.7 Å². The van der Waals surface area contributed by atoms with Gasteiger partial charge in [-0.1, -0.05) is 30.3 Å². The van der Waals surface area contributed by atoms with Crippen molar-refractivity contribution in [3.8, 4) is 5.75 Å². The van der Waals surface area contributed by atoms with Gasteiger partial charge < -0.3 is 9.84 Å². The first kappa shape index (κ1) is 15.9. The molecular formula is C18H21ClO2. The maximum Gasteiger partial charge on any atom is 0.122 e. The van der Waals surface area contributed by atoms with Gasteiger partial charge in [0.05, 0.1) is 7.11 Å². The Bertz CT molecular complexity index is 610. The zero-order valence-electron chi connectivity index (χ0n) is 12.7. The average molecular weight is 305 g/mol. The molecule has 0 fully saturated rings. The van der Waals surface area contributed by atoms with Gasteiger partial charge in [-0.25, -0.2) is 0 Å². The Hall–Kier alpha value is -1.51. The number of aryl methyl sites for hydroxylation is 2. The zero-order chi connectivity index (χ0) is 15.5. The lowest BCUT2D eigenvalue weighted by Gasteiger charge is -2.31. The Morgan fingerprint density at radius 1 is 1.10 bits per heavy atom. The molecule has 0 aliphatic rings. The molecule has 0 bridgehead atoms. The van der Waals surface area contributed by atoms with Gasteiger partial charge in [0.25, 0.3) is 0 Å². The highest BCUT2D eigenvalue weighted by Gasteiger charge is 2.32. The second-order valence-corrected chi connectivity index (χ2v) is 5.68. The van der Waals surface area contributed by atoms with Gasteiger partial charge in [-0.3, -0.25) is 0 Å². The Morgan fingerprint density at radius 2 is 1.76 bits per heavy atom. The van der Waals surface area contributed by atoms with Gasteiger partial charge in [0.15, 0.2) is 0 Å². The maximum absolute atomic E-state index is 11.3. The first-order valence-electron chi connectivity index (χ1n) is 7.02. The molecule has 2 rings (SSSR count). The molecule has 0 saturated carbocycles. The van der Waals surface area contributed by atoms with E-state index in [4.69, 9.17) is 16.3 Å². The van der Waals surface area contributed by atoms with E-state index in [-0.39, 0.29) is 0 Å². The molecule has 1 unspecified atom stereocenters. The van der Waals surface area contributed by atoms with Crippen LogP contribution in [0.3, 0.4) is 0 Å². The molecule has 2 nitrogen and oxygen atoms in total. The van der Waals surface area contributed by atoms with E-state index in [0.717, 1.165) is 28.0 Å². The summed E-state index contributed by atoms with van der Waals surface area (Å²) >= 11 is 5.95. The van der Waals surface area contributed by atoms with Crippen LogP contribution >= 0.6 is 11.6 Å². The minimum atomic E-state index is -1.08. The Kier molecular flexibility index (Phi) is 4.92. The molecule has 0 aliphatic carbocycles. The fourth-order valence-corrected chi connectivity index (χ4v) is 3.01. The summed E-state index contributed by atoms with van der Waals surface area (Å²) in [5.74, 6) is 1.22. The van der Waals surface area contributed by atoms with Crippen LogP contribution in [0.4, 0.5) is 0 Å². The molecule has 0 radical (unpaired) electrons. The Balaban J connectivity index is 2.61. The maximum atomic E-state index is 11.3. The van der Waals surface area contributed by atoms with E-state index >= 15 is 0 Å². The van der Waals surface area contributed by atoms with Crippen molar-refractivity contribution in [2.45, 2.75) is 25.9 Å². The van der Waals surface area contributed by atoms with E-state index < -0.39 is 5.60 Å². The van der Waals surface area contributed by atoms with Crippen LogP contribution in [0.25, 0.3) is 0 Å². The highest BCUT2D eigenvalue weighted by Crippen LogP contribution is 2.37. The fourth-order valence-electron chi connectivity index (χ4n) is 2.74. The van der Waals surface area contributed by atoms with Crippen molar-refractivity contribution in [2.75, 3.05) is 13.0 Å². The highest BCUT2D eigenvalue weighted by molar-refractivity contribution is 6.17. The largest absolute Gasteiger partial charge is 0.496 e. The normalized spacial score (nSPS) is 13.8. The number of ether oxygens (including phenoxy) is 1. The smallest absolute Gasteiger partial charge is 0.122 e. The lowest BCUT2D eigenvalue weighted by molar-refractivity contribution is 0.0767. The lowest BCUT2D eigenvalue weighted by atomic mass is 9.81. The Labute approximate surface area is 131 Å². The van der Waals surface area contributed by atoms with Crippen molar-refractivity contribution < 1.29 is 9.84 Å². The van der Waals surface area contributed by atoms with Crippen molar-refractivity contribution in [3.63, 3.8) is 0 Å². The minimum Gasteiger partial charge on any atom is -0.496 e. The topological polar surface area (TPSA) is 29.5 Å². The molecular weight excluding hydrogens is 284 g/mol. The molecule has 3 heteroatoms. The summed E-state index contributed by atoms with van der Waals surface area (Å²) in [5.41, 5.74) is 2.66. The number of alkyl halides is 1. The number of methoxy groups -OCH3 is 1. The summed E-state index contributed by atoms with van der Waals surface area (Å²) in [6, 6.07) is 13.6. The third-order valence-corrected chi connectivity index (χ3v) is 4.08. The predicted molar refractivity (Wildman–Crippen MR) is 87.2 cm³/mol. The van der Waals surface area contributed by atoms with E-state index in [9.17, 15) is 5.11 Å². The Morgan fingerprint density at radius 3 is 2.33 bits per heavy atom. The van der Waals surface area contributed by atoms with Crippen LogP contribution in [-0.2, 0) is 5.60 Å². The molecule has 0 saturated heterocycles. The predicted octanol–water partition coefficient (Wildman–Crippen LogP) is 4.18. The molecule has 2 aromatic carbocycles. The van der Waals surface area contributed by atoms with Crippen LogP contribution in [0.15, 0.2) is 42.5 Å². The van der Waals surface area contributed by atoms with Crippen LogP contribution in [-0.4, -0.2) is 18.1 Å². The third-order valence-electron chi connectivity index (χ3n) is 3.90. The van der Waals surface area contributed by atoms with Crippen LogP contribution in [0.1, 0.15) is 28.7 Å². The molecule has 1 N–H and O–H groups in total. The molecule has 112 valence electrons. The average Bonchev–Trinajstić information content (AvgIpc) is 2.50. The summed E-state index contributed by atoms with van der Waals surface area (Å²) in [6.07, 6.45) is 0.463. The number of hydrogen-bond donors (Lipinski definition) is 1. The number of aliphatic hydroxyl groups is 1. The van der Waals surface area contributed by atoms with Crippen molar-refractivity contribution >= 4 is 11.6 Å². The standard InChI is InChI=1S/C18H21ClO2/c1-13-12-17(21-3)14(2)11-16(13)18(20,9-10-19)15-7-5-4-6-8-15/h4-8,11-12,20H,9-10H2,1-3H3. The third kappa shape index (κ3) is 3.07. The number of hydrogen-bond acceptors (Lipinski definition) is 2. The van der Waals surface area contributed by atoms with Gasteiger partial charge in [0, 0.05) is 5.88 Å². The van der Waals surface area contributed by atoms with E-state index in [1.165, 1.54) is 0 Å². The molecule has 2 aromatic rings. The second-order valence-electron chi connectivity index (χ2n) is 5.30. The van der Waals surface area contributed by atoms with Crippen LogP contribution < -0.4 is 4.74 Å². The van der Waals surface area contributed by atoms with E-state index in [1.54, 1.807) is 7.11 Å². The first-order chi connectivity index (χ1) is 10.0. The lowest BCUT2D eigenvalue weighted by Crippen LogP contribution is -2.29. The van der Waals surface area contributed by atoms with Crippen LogP contribution in [0, 0.1) is 13.8 Å². The van der Waals surface area contributed by atoms with Gasteiger partial charge in [-0.2, -0.15) is 0 Å². The van der Waals surface area contributed by atoms with E-state index in [1.807, 2.05) is 56.3 Å². The van der Waals surface area contributed by atoms with Gasteiger partial charge in [0.2, 0.25) is 0 Å². The second kappa shape index (κ2) is 6.50. The van der Waals surface area contributed by atoms with Crippen molar-refractivity contribution in [3.05, 3.63) is 64.7 Å². The molecule has 0 heterocycles. The number of halogens is 1. The number of rotatable bonds is 5. The monoisotopic (exact) mass is 304 g/mol. The quantitative estimate of drug-likeness (QED) is 0.840. The molecule has 0 aromatic heterocycles. The zero-order valence-corrected chi connectivity index (χ0v) is 13.4. The van der Waals surface area contributed by atoms with Crippen molar-refractivity contribution in [1.82, 2.24) is 0 Å². The summed E-state index contributed by atoms with van der Waals surface area (Å²) in [5, 5.41) is 11.3. The highest BCUT2D eigenvalue weighted by atomic mass is 35.5.